The normalized spacial score (nSPS) is 11.8. The summed E-state index contributed by atoms with van der Waals surface area (Å²) in [5.74, 6) is 0. The minimum atomic E-state index is 0.0180. The lowest BCUT2D eigenvalue weighted by molar-refractivity contribution is 0.321. The second-order valence-electron chi connectivity index (χ2n) is 2.02. The molecule has 0 saturated carbocycles. The van der Waals surface area contributed by atoms with Crippen molar-refractivity contribution in [2.45, 2.75) is 0 Å². The fraction of sp³-hybridized carbons (Fsp3) is 0. The van der Waals surface area contributed by atoms with Crippen LogP contribution >= 0.6 is 39.1 Å². The van der Waals surface area contributed by atoms with Gasteiger partial charge in [0.1, 0.15) is 0 Å². The molecular weight excluding hydrogens is 265 g/mol. The second kappa shape index (κ2) is 4.12. The molecule has 1 aromatic rings. The fourth-order valence-electron chi connectivity index (χ4n) is 0.682. The summed E-state index contributed by atoms with van der Waals surface area (Å²) in [6.07, 6.45) is 0. The van der Waals surface area contributed by atoms with Gasteiger partial charge in [-0.15, -0.1) is 0 Å². The van der Waals surface area contributed by atoms with Crippen molar-refractivity contribution < 1.29 is 5.21 Å². The van der Waals surface area contributed by atoms with Gasteiger partial charge in [-0.2, -0.15) is 0 Å². The number of benzene rings is 1. The number of halogens is 3. The molecule has 0 radical (unpaired) electrons. The zero-order chi connectivity index (χ0) is 9.14. The SMILES string of the molecule is O/N=C(/Cl)c1ccc(Br)c(Cl)c1. The molecule has 0 aliphatic carbocycles. The smallest absolute Gasteiger partial charge is 0.175 e. The highest BCUT2D eigenvalue weighted by Crippen LogP contribution is 2.23. The molecule has 0 aromatic heterocycles. The Hall–Kier alpha value is -0.250. The van der Waals surface area contributed by atoms with E-state index in [0.717, 1.165) is 4.47 Å². The van der Waals surface area contributed by atoms with Gasteiger partial charge in [0, 0.05) is 10.0 Å². The molecule has 1 rings (SSSR count). The zero-order valence-electron chi connectivity index (χ0n) is 5.76. The maximum atomic E-state index is 8.35. The summed E-state index contributed by atoms with van der Waals surface area (Å²) < 4.78 is 0.773. The van der Waals surface area contributed by atoms with Gasteiger partial charge in [0.15, 0.2) is 5.17 Å². The summed E-state index contributed by atoms with van der Waals surface area (Å²) >= 11 is 14.5. The zero-order valence-corrected chi connectivity index (χ0v) is 8.86. The highest BCUT2D eigenvalue weighted by molar-refractivity contribution is 9.10. The summed E-state index contributed by atoms with van der Waals surface area (Å²) in [5, 5.41) is 11.7. The molecule has 0 spiro atoms. The van der Waals surface area contributed by atoms with Crippen LogP contribution in [0.15, 0.2) is 27.8 Å². The van der Waals surface area contributed by atoms with Crippen LogP contribution in [-0.4, -0.2) is 10.4 Å². The monoisotopic (exact) mass is 267 g/mol. The molecule has 64 valence electrons. The maximum Gasteiger partial charge on any atom is 0.175 e. The topological polar surface area (TPSA) is 32.6 Å². The third-order valence-electron chi connectivity index (χ3n) is 1.25. The molecule has 0 bridgehead atoms. The number of oxime groups is 1. The van der Waals surface area contributed by atoms with Gasteiger partial charge in [-0.25, -0.2) is 0 Å². The number of nitrogens with zero attached hydrogens (tertiary/aromatic N) is 1. The van der Waals surface area contributed by atoms with Crippen molar-refractivity contribution in [2.24, 2.45) is 5.16 Å². The molecular formula is C7H4BrCl2NO. The molecule has 0 saturated heterocycles. The largest absolute Gasteiger partial charge is 0.410 e. The first-order valence-electron chi connectivity index (χ1n) is 2.98. The molecule has 12 heavy (non-hydrogen) atoms. The molecule has 0 heterocycles. The molecule has 1 N–H and O–H groups in total. The first-order chi connectivity index (χ1) is 5.65. The summed E-state index contributed by atoms with van der Waals surface area (Å²) in [4.78, 5) is 0. The summed E-state index contributed by atoms with van der Waals surface area (Å²) in [6, 6.07) is 5.02. The van der Waals surface area contributed by atoms with Crippen molar-refractivity contribution in [2.75, 3.05) is 0 Å². The average molecular weight is 269 g/mol. The summed E-state index contributed by atoms with van der Waals surface area (Å²) in [6.45, 7) is 0. The second-order valence-corrected chi connectivity index (χ2v) is 3.64. The van der Waals surface area contributed by atoms with Gasteiger partial charge in [0.2, 0.25) is 0 Å². The third kappa shape index (κ3) is 2.12. The Labute approximate surface area is 87.9 Å². The number of rotatable bonds is 1. The maximum absolute atomic E-state index is 8.35. The van der Waals surface area contributed by atoms with Crippen molar-refractivity contribution in [3.05, 3.63) is 33.3 Å². The summed E-state index contributed by atoms with van der Waals surface area (Å²) in [7, 11) is 0. The van der Waals surface area contributed by atoms with E-state index in [0.29, 0.717) is 10.6 Å². The van der Waals surface area contributed by atoms with E-state index in [1.54, 1.807) is 18.2 Å². The van der Waals surface area contributed by atoms with Gasteiger partial charge < -0.3 is 5.21 Å². The fourth-order valence-corrected chi connectivity index (χ4v) is 1.23. The molecule has 0 unspecified atom stereocenters. The quantitative estimate of drug-likeness (QED) is 0.472. The standard InChI is InChI=1S/C7H4BrCl2NO/c8-5-2-1-4(3-6(5)9)7(10)11-12/h1-3,12H/b11-7+. The van der Waals surface area contributed by atoms with Crippen LogP contribution in [0.25, 0.3) is 0 Å². The third-order valence-corrected chi connectivity index (χ3v) is 2.77. The van der Waals surface area contributed by atoms with E-state index >= 15 is 0 Å². The molecule has 5 heteroatoms. The van der Waals surface area contributed by atoms with Crippen LogP contribution in [0.1, 0.15) is 5.56 Å². The van der Waals surface area contributed by atoms with Gasteiger partial charge in [0.05, 0.1) is 5.02 Å². The Bertz CT molecular complexity index is 327. The Morgan fingerprint density at radius 2 is 2.17 bits per heavy atom. The molecule has 2 nitrogen and oxygen atoms in total. The lowest BCUT2D eigenvalue weighted by Gasteiger charge is -1.98. The lowest BCUT2D eigenvalue weighted by Crippen LogP contribution is -1.90. The number of hydrogen-bond donors (Lipinski definition) is 1. The highest BCUT2D eigenvalue weighted by Gasteiger charge is 2.03. The van der Waals surface area contributed by atoms with E-state index in [-0.39, 0.29) is 5.17 Å². The summed E-state index contributed by atoms with van der Waals surface area (Å²) in [5.41, 5.74) is 0.576. The van der Waals surface area contributed by atoms with E-state index in [1.165, 1.54) is 0 Å². The van der Waals surface area contributed by atoms with E-state index in [9.17, 15) is 0 Å². The average Bonchev–Trinajstić information content (AvgIpc) is 2.08. The van der Waals surface area contributed by atoms with Crippen molar-refractivity contribution >= 4 is 44.3 Å². The van der Waals surface area contributed by atoms with E-state index in [4.69, 9.17) is 28.4 Å². The molecule has 1 aromatic carbocycles. The highest BCUT2D eigenvalue weighted by atomic mass is 79.9. The predicted molar refractivity (Wildman–Crippen MR) is 53.3 cm³/mol. The lowest BCUT2D eigenvalue weighted by atomic mass is 10.2. The number of hydrogen-bond acceptors (Lipinski definition) is 2. The Kier molecular flexibility index (Phi) is 3.38. The first-order valence-corrected chi connectivity index (χ1v) is 4.53. The minimum Gasteiger partial charge on any atom is -0.410 e. The minimum absolute atomic E-state index is 0.0180. The Morgan fingerprint density at radius 1 is 1.50 bits per heavy atom. The van der Waals surface area contributed by atoms with Crippen LogP contribution in [0.3, 0.4) is 0 Å². The predicted octanol–water partition coefficient (Wildman–Crippen LogP) is 3.48. The van der Waals surface area contributed by atoms with Crippen molar-refractivity contribution in [1.82, 2.24) is 0 Å². The Balaban J connectivity index is 3.13. The van der Waals surface area contributed by atoms with E-state index in [1.807, 2.05) is 0 Å². The van der Waals surface area contributed by atoms with Gasteiger partial charge in [-0.05, 0) is 28.1 Å². The van der Waals surface area contributed by atoms with Crippen LogP contribution in [0.5, 0.6) is 0 Å². The van der Waals surface area contributed by atoms with Gasteiger partial charge in [-0.1, -0.05) is 34.4 Å². The van der Waals surface area contributed by atoms with Crippen LogP contribution < -0.4 is 0 Å². The molecule has 0 atom stereocenters. The first kappa shape index (κ1) is 9.84. The molecule has 0 fully saturated rings. The van der Waals surface area contributed by atoms with E-state index < -0.39 is 0 Å². The van der Waals surface area contributed by atoms with Gasteiger partial charge >= 0.3 is 0 Å². The van der Waals surface area contributed by atoms with Crippen molar-refractivity contribution in [3.63, 3.8) is 0 Å². The molecule has 0 aliphatic rings. The van der Waals surface area contributed by atoms with Crippen molar-refractivity contribution in [1.29, 1.82) is 0 Å². The van der Waals surface area contributed by atoms with E-state index in [2.05, 4.69) is 21.1 Å². The Morgan fingerprint density at radius 3 is 2.67 bits per heavy atom. The molecule has 0 amide bonds. The van der Waals surface area contributed by atoms with Crippen LogP contribution in [0.4, 0.5) is 0 Å². The van der Waals surface area contributed by atoms with Crippen molar-refractivity contribution in [3.8, 4) is 0 Å². The molecule has 0 aliphatic heterocycles. The van der Waals surface area contributed by atoms with Crippen LogP contribution in [-0.2, 0) is 0 Å². The van der Waals surface area contributed by atoms with Crippen LogP contribution in [0.2, 0.25) is 5.02 Å². The van der Waals surface area contributed by atoms with Crippen LogP contribution in [0, 0.1) is 0 Å². The van der Waals surface area contributed by atoms with Gasteiger partial charge in [0.25, 0.3) is 0 Å². The van der Waals surface area contributed by atoms with Gasteiger partial charge in [-0.3, -0.25) is 0 Å².